The minimum atomic E-state index is -0.851. The molecule has 2 aromatic rings. The Bertz CT molecular complexity index is 564. The molecule has 0 aliphatic carbocycles. The van der Waals surface area contributed by atoms with Crippen LogP contribution in [0.25, 0.3) is 11.3 Å². The molecular weight excluding hydrogens is 248 g/mol. The van der Waals surface area contributed by atoms with E-state index >= 15 is 0 Å². The first-order valence-electron chi connectivity index (χ1n) is 6.31. The van der Waals surface area contributed by atoms with Gasteiger partial charge in [0.15, 0.2) is 11.6 Å². The van der Waals surface area contributed by atoms with Crippen molar-refractivity contribution in [3.05, 3.63) is 41.6 Å². The summed E-state index contributed by atoms with van der Waals surface area (Å²) in [5.74, 6) is -1.70. The van der Waals surface area contributed by atoms with Crippen LogP contribution in [-0.2, 0) is 13.6 Å². The van der Waals surface area contributed by atoms with E-state index in [9.17, 15) is 8.78 Å². The lowest BCUT2D eigenvalue weighted by Gasteiger charge is -2.05. The molecule has 0 spiro atoms. The minimum absolute atomic E-state index is 0.203. The van der Waals surface area contributed by atoms with Gasteiger partial charge >= 0.3 is 0 Å². The molecule has 2 rings (SSSR count). The zero-order valence-electron chi connectivity index (χ0n) is 11.1. The number of nitrogens with zero attached hydrogens (tertiary/aromatic N) is 2. The van der Waals surface area contributed by atoms with Crippen LogP contribution >= 0.6 is 0 Å². The topological polar surface area (TPSA) is 29.9 Å². The molecule has 1 aromatic carbocycles. The van der Waals surface area contributed by atoms with Gasteiger partial charge in [0, 0.05) is 30.9 Å². The van der Waals surface area contributed by atoms with Crippen LogP contribution in [0, 0.1) is 11.6 Å². The fraction of sp³-hybridized carbons (Fsp3) is 0.357. The molecule has 0 aliphatic rings. The second-order valence-corrected chi connectivity index (χ2v) is 4.45. The standard InChI is InChI=1S/C14H17F2N3/c1-3-7-17-8-10-9-19(2)18-14(10)11-5-4-6-12(15)13(11)16/h4-6,9,17H,3,7-8H2,1-2H3. The molecular formula is C14H17F2N3. The van der Waals surface area contributed by atoms with Crippen molar-refractivity contribution in [1.29, 1.82) is 0 Å². The highest BCUT2D eigenvalue weighted by atomic mass is 19.2. The summed E-state index contributed by atoms with van der Waals surface area (Å²) in [6.07, 6.45) is 2.84. The number of halogens is 2. The third-order valence-electron chi connectivity index (χ3n) is 2.85. The van der Waals surface area contributed by atoms with E-state index < -0.39 is 11.6 Å². The quantitative estimate of drug-likeness (QED) is 0.842. The average molecular weight is 265 g/mol. The van der Waals surface area contributed by atoms with E-state index in [4.69, 9.17) is 0 Å². The second-order valence-electron chi connectivity index (χ2n) is 4.45. The van der Waals surface area contributed by atoms with Crippen molar-refractivity contribution in [1.82, 2.24) is 15.1 Å². The molecule has 0 atom stereocenters. The van der Waals surface area contributed by atoms with E-state index in [-0.39, 0.29) is 5.56 Å². The molecule has 0 saturated heterocycles. The summed E-state index contributed by atoms with van der Waals surface area (Å²) in [6.45, 7) is 3.54. The zero-order valence-corrected chi connectivity index (χ0v) is 11.1. The van der Waals surface area contributed by atoms with E-state index in [0.717, 1.165) is 24.6 Å². The first kappa shape index (κ1) is 13.7. The Labute approximate surface area is 111 Å². The van der Waals surface area contributed by atoms with Gasteiger partial charge in [-0.05, 0) is 25.1 Å². The van der Waals surface area contributed by atoms with Gasteiger partial charge < -0.3 is 5.32 Å². The lowest BCUT2D eigenvalue weighted by atomic mass is 10.1. The number of benzene rings is 1. The Hall–Kier alpha value is -1.75. The summed E-state index contributed by atoms with van der Waals surface area (Å²) < 4.78 is 28.7. The smallest absolute Gasteiger partial charge is 0.168 e. The molecule has 0 saturated carbocycles. The average Bonchev–Trinajstić information content (AvgIpc) is 2.74. The van der Waals surface area contributed by atoms with Crippen molar-refractivity contribution in [2.45, 2.75) is 19.9 Å². The molecule has 102 valence electrons. The number of hydrogen-bond donors (Lipinski definition) is 1. The van der Waals surface area contributed by atoms with Gasteiger partial charge in [0.1, 0.15) is 0 Å². The Kier molecular flexibility index (Phi) is 4.27. The molecule has 0 fully saturated rings. The van der Waals surface area contributed by atoms with Crippen LogP contribution in [0.1, 0.15) is 18.9 Å². The summed E-state index contributed by atoms with van der Waals surface area (Å²) >= 11 is 0. The number of aryl methyl sites for hydroxylation is 1. The first-order valence-corrected chi connectivity index (χ1v) is 6.31. The number of hydrogen-bond acceptors (Lipinski definition) is 2. The van der Waals surface area contributed by atoms with Crippen LogP contribution in [0.15, 0.2) is 24.4 Å². The van der Waals surface area contributed by atoms with Crippen molar-refractivity contribution in [2.24, 2.45) is 7.05 Å². The molecule has 0 bridgehead atoms. The van der Waals surface area contributed by atoms with Crippen LogP contribution in [0.2, 0.25) is 0 Å². The van der Waals surface area contributed by atoms with E-state index in [0.29, 0.717) is 12.2 Å². The molecule has 0 radical (unpaired) electrons. The van der Waals surface area contributed by atoms with Crippen molar-refractivity contribution >= 4 is 0 Å². The van der Waals surface area contributed by atoms with Gasteiger partial charge in [-0.2, -0.15) is 5.10 Å². The summed E-state index contributed by atoms with van der Waals surface area (Å²) in [5.41, 5.74) is 1.55. The fourth-order valence-corrected chi connectivity index (χ4v) is 1.98. The van der Waals surface area contributed by atoms with Crippen molar-refractivity contribution in [3.63, 3.8) is 0 Å². The zero-order chi connectivity index (χ0) is 13.8. The molecule has 0 amide bonds. The Morgan fingerprint density at radius 2 is 2.11 bits per heavy atom. The van der Waals surface area contributed by atoms with Crippen LogP contribution in [0.3, 0.4) is 0 Å². The second kappa shape index (κ2) is 5.93. The summed E-state index contributed by atoms with van der Waals surface area (Å²) in [7, 11) is 1.77. The highest BCUT2D eigenvalue weighted by Gasteiger charge is 2.16. The molecule has 1 N–H and O–H groups in total. The maximum atomic E-state index is 13.8. The van der Waals surface area contributed by atoms with Crippen molar-refractivity contribution in [2.75, 3.05) is 6.54 Å². The van der Waals surface area contributed by atoms with Crippen LogP contribution in [0.4, 0.5) is 8.78 Å². The molecule has 0 aliphatic heterocycles. The molecule has 19 heavy (non-hydrogen) atoms. The van der Waals surface area contributed by atoms with Crippen molar-refractivity contribution < 1.29 is 8.78 Å². The lowest BCUT2D eigenvalue weighted by Crippen LogP contribution is -2.14. The van der Waals surface area contributed by atoms with Gasteiger partial charge in [0.25, 0.3) is 0 Å². The van der Waals surface area contributed by atoms with Gasteiger partial charge in [-0.25, -0.2) is 8.78 Å². The third-order valence-corrected chi connectivity index (χ3v) is 2.85. The van der Waals surface area contributed by atoms with Crippen LogP contribution in [-0.4, -0.2) is 16.3 Å². The first-order chi connectivity index (χ1) is 9.13. The highest BCUT2D eigenvalue weighted by molar-refractivity contribution is 5.63. The number of nitrogens with one attached hydrogen (secondary N) is 1. The number of rotatable bonds is 5. The lowest BCUT2D eigenvalue weighted by molar-refractivity contribution is 0.510. The SMILES string of the molecule is CCCNCc1cn(C)nc1-c1cccc(F)c1F. The van der Waals surface area contributed by atoms with Gasteiger partial charge in [-0.1, -0.05) is 13.0 Å². The molecule has 5 heteroatoms. The normalized spacial score (nSPS) is 10.9. The van der Waals surface area contributed by atoms with E-state index in [1.807, 2.05) is 6.20 Å². The Morgan fingerprint density at radius 1 is 1.32 bits per heavy atom. The molecule has 0 unspecified atom stereocenters. The van der Waals surface area contributed by atoms with E-state index in [1.165, 1.54) is 6.07 Å². The van der Waals surface area contributed by atoms with Gasteiger partial charge in [-0.3, -0.25) is 4.68 Å². The summed E-state index contributed by atoms with van der Waals surface area (Å²) in [4.78, 5) is 0. The predicted octanol–water partition coefficient (Wildman–Crippen LogP) is 2.86. The largest absolute Gasteiger partial charge is 0.313 e. The van der Waals surface area contributed by atoms with Crippen LogP contribution in [0.5, 0.6) is 0 Å². The van der Waals surface area contributed by atoms with Gasteiger partial charge in [0.05, 0.1) is 5.69 Å². The Morgan fingerprint density at radius 3 is 2.84 bits per heavy atom. The maximum Gasteiger partial charge on any atom is 0.168 e. The number of aromatic nitrogens is 2. The van der Waals surface area contributed by atoms with E-state index in [1.54, 1.807) is 17.8 Å². The molecule has 1 heterocycles. The highest BCUT2D eigenvalue weighted by Crippen LogP contribution is 2.26. The minimum Gasteiger partial charge on any atom is -0.313 e. The fourth-order valence-electron chi connectivity index (χ4n) is 1.98. The summed E-state index contributed by atoms with van der Waals surface area (Å²) in [5, 5.41) is 7.47. The predicted molar refractivity (Wildman–Crippen MR) is 70.6 cm³/mol. The monoisotopic (exact) mass is 265 g/mol. The van der Waals surface area contributed by atoms with E-state index in [2.05, 4.69) is 17.3 Å². The van der Waals surface area contributed by atoms with Gasteiger partial charge in [0.2, 0.25) is 0 Å². The molecule has 1 aromatic heterocycles. The third kappa shape index (κ3) is 2.98. The Balaban J connectivity index is 2.35. The maximum absolute atomic E-state index is 13.8. The van der Waals surface area contributed by atoms with Crippen LogP contribution < -0.4 is 5.32 Å². The van der Waals surface area contributed by atoms with Crippen molar-refractivity contribution in [3.8, 4) is 11.3 Å². The van der Waals surface area contributed by atoms with Gasteiger partial charge in [-0.15, -0.1) is 0 Å². The summed E-state index contributed by atoms with van der Waals surface area (Å²) in [6, 6.07) is 4.15. The molecule has 3 nitrogen and oxygen atoms in total.